The van der Waals surface area contributed by atoms with Crippen LogP contribution in [0.3, 0.4) is 0 Å². The summed E-state index contributed by atoms with van der Waals surface area (Å²) in [6, 6.07) is 15.2. The van der Waals surface area contributed by atoms with Gasteiger partial charge in [-0.3, -0.25) is 4.79 Å². The standard InChI is InChI=1S/C21H16N2O5/c1-2-26-18-12-13(9-10-16(18)28-21(25)17-8-5-11-27-17)19-22-15-7-4-3-6-14(15)20(24)23-19/h3-12H,2H2,1H3,(H,22,23,24). The molecule has 0 bridgehead atoms. The first-order valence-electron chi connectivity index (χ1n) is 8.67. The first-order chi connectivity index (χ1) is 13.7. The summed E-state index contributed by atoms with van der Waals surface area (Å²) in [4.78, 5) is 31.7. The monoisotopic (exact) mass is 376 g/mol. The molecule has 0 fully saturated rings. The lowest BCUT2D eigenvalue weighted by molar-refractivity contribution is 0.0695. The van der Waals surface area contributed by atoms with Crippen molar-refractivity contribution in [3.63, 3.8) is 0 Å². The number of benzene rings is 2. The molecular formula is C21H16N2O5. The molecule has 2 aromatic heterocycles. The first-order valence-corrected chi connectivity index (χ1v) is 8.67. The van der Waals surface area contributed by atoms with Crippen molar-refractivity contribution in [1.82, 2.24) is 9.97 Å². The third kappa shape index (κ3) is 3.37. The molecule has 0 saturated carbocycles. The lowest BCUT2D eigenvalue weighted by atomic mass is 10.1. The van der Waals surface area contributed by atoms with Gasteiger partial charge in [0.25, 0.3) is 5.56 Å². The van der Waals surface area contributed by atoms with Gasteiger partial charge in [0, 0.05) is 5.56 Å². The maximum absolute atomic E-state index is 12.3. The summed E-state index contributed by atoms with van der Waals surface area (Å²) in [5.41, 5.74) is 0.989. The number of ether oxygens (including phenoxy) is 2. The number of nitrogens with zero attached hydrogens (tertiary/aromatic N) is 1. The third-order valence-corrected chi connectivity index (χ3v) is 4.05. The lowest BCUT2D eigenvalue weighted by Gasteiger charge is -2.12. The van der Waals surface area contributed by atoms with Crippen LogP contribution in [-0.2, 0) is 0 Å². The highest BCUT2D eigenvalue weighted by molar-refractivity contribution is 5.88. The van der Waals surface area contributed by atoms with Crippen molar-refractivity contribution in [2.75, 3.05) is 6.61 Å². The number of nitrogens with one attached hydrogen (secondary N) is 1. The number of carbonyl (C=O) groups is 1. The van der Waals surface area contributed by atoms with E-state index in [2.05, 4.69) is 9.97 Å². The summed E-state index contributed by atoms with van der Waals surface area (Å²) in [5, 5.41) is 0.514. The van der Waals surface area contributed by atoms with Crippen molar-refractivity contribution in [3.05, 3.63) is 77.0 Å². The highest BCUT2D eigenvalue weighted by Gasteiger charge is 2.16. The molecule has 140 valence electrons. The maximum atomic E-state index is 12.3. The van der Waals surface area contributed by atoms with Gasteiger partial charge >= 0.3 is 5.97 Å². The molecule has 28 heavy (non-hydrogen) atoms. The van der Waals surface area contributed by atoms with Crippen molar-refractivity contribution < 1.29 is 18.7 Å². The number of furan rings is 1. The van der Waals surface area contributed by atoms with E-state index in [0.29, 0.717) is 34.6 Å². The van der Waals surface area contributed by atoms with E-state index in [9.17, 15) is 9.59 Å². The van der Waals surface area contributed by atoms with Crippen LogP contribution in [0.2, 0.25) is 0 Å². The van der Waals surface area contributed by atoms with E-state index in [4.69, 9.17) is 13.9 Å². The van der Waals surface area contributed by atoms with Crippen LogP contribution in [0.15, 0.2) is 70.1 Å². The van der Waals surface area contributed by atoms with Gasteiger partial charge in [0.2, 0.25) is 5.76 Å². The molecule has 4 aromatic rings. The van der Waals surface area contributed by atoms with Crippen LogP contribution in [0.5, 0.6) is 11.5 Å². The van der Waals surface area contributed by atoms with Gasteiger partial charge in [-0.25, -0.2) is 9.78 Å². The zero-order valence-electron chi connectivity index (χ0n) is 15.0. The molecule has 7 heteroatoms. The van der Waals surface area contributed by atoms with Crippen molar-refractivity contribution in [3.8, 4) is 22.9 Å². The van der Waals surface area contributed by atoms with Crippen molar-refractivity contribution in [2.24, 2.45) is 0 Å². The molecule has 0 spiro atoms. The van der Waals surface area contributed by atoms with Crippen LogP contribution in [-0.4, -0.2) is 22.5 Å². The molecule has 4 rings (SSSR count). The molecule has 0 atom stereocenters. The Morgan fingerprint density at radius 2 is 1.96 bits per heavy atom. The second-order valence-electron chi connectivity index (χ2n) is 5.89. The zero-order valence-corrected chi connectivity index (χ0v) is 15.0. The van der Waals surface area contributed by atoms with Gasteiger partial charge in [-0.2, -0.15) is 0 Å². The Balaban J connectivity index is 1.72. The van der Waals surface area contributed by atoms with Crippen molar-refractivity contribution >= 4 is 16.9 Å². The summed E-state index contributed by atoms with van der Waals surface area (Å²) in [6.45, 7) is 2.19. The van der Waals surface area contributed by atoms with Gasteiger partial charge in [0.05, 0.1) is 23.8 Å². The van der Waals surface area contributed by atoms with Crippen LogP contribution in [0.4, 0.5) is 0 Å². The summed E-state index contributed by atoms with van der Waals surface area (Å²) in [7, 11) is 0. The Morgan fingerprint density at radius 3 is 2.75 bits per heavy atom. The minimum absolute atomic E-state index is 0.0899. The van der Waals surface area contributed by atoms with E-state index >= 15 is 0 Å². The summed E-state index contributed by atoms with van der Waals surface area (Å²) in [6.07, 6.45) is 1.39. The Hall–Kier alpha value is -3.87. The van der Waals surface area contributed by atoms with E-state index in [1.54, 1.807) is 42.5 Å². The number of esters is 1. The highest BCUT2D eigenvalue weighted by atomic mass is 16.6. The number of para-hydroxylation sites is 1. The minimum Gasteiger partial charge on any atom is -0.490 e. The molecule has 0 radical (unpaired) electrons. The largest absolute Gasteiger partial charge is 0.490 e. The van der Waals surface area contributed by atoms with Crippen LogP contribution >= 0.6 is 0 Å². The fourth-order valence-electron chi connectivity index (χ4n) is 2.78. The second kappa shape index (κ2) is 7.40. The summed E-state index contributed by atoms with van der Waals surface area (Å²) in [5.74, 6) is 0.461. The molecule has 0 aliphatic rings. The summed E-state index contributed by atoms with van der Waals surface area (Å²) >= 11 is 0. The topological polar surface area (TPSA) is 94.4 Å². The molecule has 0 saturated heterocycles. The smallest absolute Gasteiger partial charge is 0.379 e. The van der Waals surface area contributed by atoms with Crippen molar-refractivity contribution in [2.45, 2.75) is 6.92 Å². The second-order valence-corrected chi connectivity index (χ2v) is 5.89. The van der Waals surface area contributed by atoms with Crippen LogP contribution in [0.1, 0.15) is 17.5 Å². The maximum Gasteiger partial charge on any atom is 0.379 e. The van der Waals surface area contributed by atoms with Crippen LogP contribution < -0.4 is 15.0 Å². The van der Waals surface area contributed by atoms with Crippen LogP contribution in [0, 0.1) is 0 Å². The van der Waals surface area contributed by atoms with E-state index in [1.165, 1.54) is 12.3 Å². The minimum atomic E-state index is -0.629. The SMILES string of the molecule is CCOc1cc(-c2nc3ccccc3c(=O)[nH]2)ccc1OC(=O)c1ccco1. The number of carbonyl (C=O) groups excluding carboxylic acids is 1. The molecule has 0 aliphatic carbocycles. The predicted molar refractivity (Wildman–Crippen MR) is 103 cm³/mol. The third-order valence-electron chi connectivity index (χ3n) is 4.05. The van der Waals surface area contributed by atoms with Gasteiger partial charge < -0.3 is 18.9 Å². The first kappa shape index (κ1) is 17.5. The molecule has 1 N–H and O–H groups in total. The zero-order chi connectivity index (χ0) is 19.5. The Kier molecular flexibility index (Phi) is 4.63. The Morgan fingerprint density at radius 1 is 1.11 bits per heavy atom. The normalized spacial score (nSPS) is 10.8. The molecule has 0 unspecified atom stereocenters. The Labute approximate surface area is 159 Å². The summed E-state index contributed by atoms with van der Waals surface area (Å²) < 4.78 is 16.0. The number of aromatic nitrogens is 2. The fraction of sp³-hybridized carbons (Fsp3) is 0.0952. The quantitative estimate of drug-likeness (QED) is 0.420. The van der Waals surface area contributed by atoms with Crippen molar-refractivity contribution in [1.29, 1.82) is 0 Å². The number of hydrogen-bond acceptors (Lipinski definition) is 6. The average molecular weight is 376 g/mol. The molecule has 0 aliphatic heterocycles. The Bertz CT molecular complexity index is 1200. The van der Waals surface area contributed by atoms with Gasteiger partial charge in [0.1, 0.15) is 5.82 Å². The fourth-order valence-corrected chi connectivity index (χ4v) is 2.78. The van der Waals surface area contributed by atoms with E-state index < -0.39 is 5.97 Å². The lowest BCUT2D eigenvalue weighted by Crippen LogP contribution is -2.10. The van der Waals surface area contributed by atoms with Crippen LogP contribution in [0.25, 0.3) is 22.3 Å². The highest BCUT2D eigenvalue weighted by Crippen LogP contribution is 2.32. The number of H-pyrrole nitrogens is 1. The van der Waals surface area contributed by atoms with E-state index in [1.807, 2.05) is 13.0 Å². The molecule has 2 heterocycles. The van der Waals surface area contributed by atoms with Gasteiger partial charge in [-0.1, -0.05) is 12.1 Å². The van der Waals surface area contributed by atoms with Gasteiger partial charge in [-0.05, 0) is 49.4 Å². The molecule has 0 amide bonds. The number of hydrogen-bond donors (Lipinski definition) is 1. The van der Waals surface area contributed by atoms with E-state index in [0.717, 1.165) is 0 Å². The average Bonchev–Trinajstić information content (AvgIpc) is 3.24. The van der Waals surface area contributed by atoms with E-state index in [-0.39, 0.29) is 17.1 Å². The van der Waals surface area contributed by atoms with Gasteiger partial charge in [-0.15, -0.1) is 0 Å². The molecular weight excluding hydrogens is 360 g/mol. The molecule has 2 aromatic carbocycles. The van der Waals surface area contributed by atoms with Gasteiger partial charge in [0.15, 0.2) is 11.5 Å². The molecule has 7 nitrogen and oxygen atoms in total. The number of fused-ring (bicyclic) bond motifs is 1. The number of rotatable bonds is 5. The predicted octanol–water partition coefficient (Wildman–Crippen LogP) is 3.80. The number of aromatic amines is 1.